The van der Waals surface area contributed by atoms with Crippen LogP contribution in [-0.4, -0.2) is 11.7 Å². The quantitative estimate of drug-likeness (QED) is 0.642. The van der Waals surface area contributed by atoms with Gasteiger partial charge in [0, 0.05) is 5.02 Å². The van der Waals surface area contributed by atoms with Crippen LogP contribution < -0.4 is 5.32 Å². The van der Waals surface area contributed by atoms with Crippen LogP contribution in [0.1, 0.15) is 15.9 Å². The molecule has 1 aliphatic rings. The zero-order valence-electron chi connectivity index (χ0n) is 6.85. The molecule has 13 heavy (non-hydrogen) atoms. The largest absolute Gasteiger partial charge is 0.318 e. The maximum absolute atomic E-state index is 11.3. The van der Waals surface area contributed by atoms with Crippen LogP contribution in [0.2, 0.25) is 5.02 Å². The minimum atomic E-state index is -0.583. The van der Waals surface area contributed by atoms with Gasteiger partial charge in [0.25, 0.3) is 11.7 Å². The van der Waals surface area contributed by atoms with Crippen molar-refractivity contribution in [3.8, 4) is 0 Å². The topological polar surface area (TPSA) is 46.2 Å². The van der Waals surface area contributed by atoms with Crippen LogP contribution in [0.5, 0.6) is 0 Å². The molecule has 0 unspecified atom stereocenters. The molecule has 1 aromatic carbocycles. The van der Waals surface area contributed by atoms with Crippen molar-refractivity contribution in [1.82, 2.24) is 0 Å². The molecule has 66 valence electrons. The number of fused-ring (bicyclic) bond motifs is 1. The predicted octanol–water partition coefficient (Wildman–Crippen LogP) is 1.78. The van der Waals surface area contributed by atoms with E-state index in [2.05, 4.69) is 5.32 Å². The third-order valence-corrected chi connectivity index (χ3v) is 2.49. The fourth-order valence-corrected chi connectivity index (χ4v) is 1.53. The van der Waals surface area contributed by atoms with Gasteiger partial charge in [-0.05, 0) is 24.6 Å². The molecule has 1 N–H and O–H groups in total. The van der Waals surface area contributed by atoms with Gasteiger partial charge in [0.15, 0.2) is 0 Å². The Morgan fingerprint density at radius 3 is 2.69 bits per heavy atom. The molecule has 2 rings (SSSR count). The highest BCUT2D eigenvalue weighted by atomic mass is 35.5. The Labute approximate surface area is 79.7 Å². The van der Waals surface area contributed by atoms with E-state index in [1.165, 1.54) is 0 Å². The van der Waals surface area contributed by atoms with Gasteiger partial charge >= 0.3 is 0 Å². The van der Waals surface area contributed by atoms with Gasteiger partial charge in [-0.1, -0.05) is 11.6 Å². The number of nitrogens with one attached hydrogen (secondary N) is 1. The van der Waals surface area contributed by atoms with Crippen LogP contribution in [0.25, 0.3) is 0 Å². The molecule has 0 radical (unpaired) electrons. The molecule has 1 aromatic rings. The van der Waals surface area contributed by atoms with Gasteiger partial charge in [-0.3, -0.25) is 9.59 Å². The fraction of sp³-hybridized carbons (Fsp3) is 0.111. The van der Waals surface area contributed by atoms with Gasteiger partial charge in [0.1, 0.15) is 0 Å². The molecule has 4 heteroatoms. The van der Waals surface area contributed by atoms with Crippen LogP contribution in [0.3, 0.4) is 0 Å². The molecule has 1 amide bonds. The van der Waals surface area contributed by atoms with E-state index < -0.39 is 11.7 Å². The Hall–Kier alpha value is -1.35. The summed E-state index contributed by atoms with van der Waals surface area (Å²) in [5.41, 5.74) is 1.61. The first-order chi connectivity index (χ1) is 6.11. The van der Waals surface area contributed by atoms with E-state index in [1.807, 2.05) is 0 Å². The van der Waals surface area contributed by atoms with Gasteiger partial charge in [0.05, 0.1) is 11.3 Å². The van der Waals surface area contributed by atoms with Crippen LogP contribution in [0, 0.1) is 6.92 Å². The number of carbonyl (C=O) groups excluding carboxylic acids is 2. The summed E-state index contributed by atoms with van der Waals surface area (Å²) in [6.45, 7) is 1.72. The van der Waals surface area contributed by atoms with Crippen molar-refractivity contribution in [1.29, 1.82) is 0 Å². The van der Waals surface area contributed by atoms with Gasteiger partial charge < -0.3 is 5.32 Å². The summed E-state index contributed by atoms with van der Waals surface area (Å²) >= 11 is 5.81. The highest BCUT2D eigenvalue weighted by Crippen LogP contribution is 2.30. The minimum absolute atomic E-state index is 0.400. The summed E-state index contributed by atoms with van der Waals surface area (Å²) in [7, 11) is 0. The van der Waals surface area contributed by atoms with E-state index in [9.17, 15) is 9.59 Å². The summed E-state index contributed by atoms with van der Waals surface area (Å²) in [5, 5.41) is 2.97. The first kappa shape index (κ1) is 8.26. The van der Waals surface area contributed by atoms with E-state index in [1.54, 1.807) is 19.1 Å². The molecular formula is C9H6ClNO2. The number of carbonyl (C=O) groups is 2. The summed E-state index contributed by atoms with van der Waals surface area (Å²) in [6.07, 6.45) is 0. The van der Waals surface area contributed by atoms with E-state index in [0.717, 1.165) is 0 Å². The number of Topliss-reactive ketones (excluding diaryl/α,β-unsaturated/α-hetero) is 1. The third-order valence-electron chi connectivity index (χ3n) is 2.08. The molecule has 0 aliphatic carbocycles. The number of benzene rings is 1. The van der Waals surface area contributed by atoms with Crippen molar-refractivity contribution >= 4 is 29.0 Å². The average Bonchev–Trinajstić information content (AvgIpc) is 2.37. The van der Waals surface area contributed by atoms with Crippen molar-refractivity contribution < 1.29 is 9.59 Å². The van der Waals surface area contributed by atoms with Crippen molar-refractivity contribution in [2.24, 2.45) is 0 Å². The Morgan fingerprint density at radius 1 is 1.31 bits per heavy atom. The maximum atomic E-state index is 11.3. The molecule has 0 saturated heterocycles. The Kier molecular flexibility index (Phi) is 1.63. The first-order valence-electron chi connectivity index (χ1n) is 3.76. The number of rotatable bonds is 0. The number of ketones is 1. The van der Waals surface area contributed by atoms with Crippen molar-refractivity contribution in [2.45, 2.75) is 6.92 Å². The van der Waals surface area contributed by atoms with Gasteiger partial charge in [-0.15, -0.1) is 0 Å². The normalized spacial score (nSPS) is 14.3. The van der Waals surface area contributed by atoms with Crippen LogP contribution in [-0.2, 0) is 4.79 Å². The Morgan fingerprint density at radius 2 is 2.00 bits per heavy atom. The highest BCUT2D eigenvalue weighted by molar-refractivity contribution is 6.52. The van der Waals surface area contributed by atoms with Gasteiger partial charge in [0.2, 0.25) is 0 Å². The maximum Gasteiger partial charge on any atom is 0.296 e. The lowest BCUT2D eigenvalue weighted by atomic mass is 10.1. The molecule has 1 heterocycles. The zero-order valence-corrected chi connectivity index (χ0v) is 7.61. The third kappa shape index (κ3) is 1.04. The van der Waals surface area contributed by atoms with Crippen LogP contribution >= 0.6 is 11.6 Å². The zero-order chi connectivity index (χ0) is 9.59. The molecule has 0 spiro atoms. The molecular weight excluding hydrogens is 190 g/mol. The van der Waals surface area contributed by atoms with Crippen molar-refractivity contribution in [3.63, 3.8) is 0 Å². The molecule has 0 atom stereocenters. The van der Waals surface area contributed by atoms with Crippen LogP contribution in [0.4, 0.5) is 5.69 Å². The van der Waals surface area contributed by atoms with E-state index in [4.69, 9.17) is 11.6 Å². The smallest absolute Gasteiger partial charge is 0.296 e. The van der Waals surface area contributed by atoms with Crippen molar-refractivity contribution in [3.05, 3.63) is 28.3 Å². The molecule has 0 aromatic heterocycles. The van der Waals surface area contributed by atoms with E-state index >= 15 is 0 Å². The lowest BCUT2D eigenvalue weighted by Gasteiger charge is -2.01. The Bertz CT molecular complexity index is 426. The number of halogens is 1. The summed E-state index contributed by atoms with van der Waals surface area (Å²) in [6, 6.07) is 3.29. The summed E-state index contributed by atoms with van der Waals surface area (Å²) in [4.78, 5) is 22.3. The predicted molar refractivity (Wildman–Crippen MR) is 49.1 cm³/mol. The number of hydrogen-bond acceptors (Lipinski definition) is 2. The second-order valence-corrected chi connectivity index (χ2v) is 3.29. The fourth-order valence-electron chi connectivity index (χ4n) is 1.38. The standard InChI is InChI=1S/C9H6ClNO2/c1-4-5(10)2-3-6-7(4)8(12)9(13)11-6/h2-3H,1H3,(H,11,12,13). The second kappa shape index (κ2) is 2.57. The summed E-state index contributed by atoms with van der Waals surface area (Å²) < 4.78 is 0. The van der Waals surface area contributed by atoms with Crippen molar-refractivity contribution in [2.75, 3.05) is 5.32 Å². The summed E-state index contributed by atoms with van der Waals surface area (Å²) in [5.74, 6) is -1.09. The van der Waals surface area contributed by atoms with E-state index in [-0.39, 0.29) is 0 Å². The number of anilines is 1. The number of hydrogen-bond donors (Lipinski definition) is 1. The van der Waals surface area contributed by atoms with Gasteiger partial charge in [-0.2, -0.15) is 0 Å². The second-order valence-electron chi connectivity index (χ2n) is 2.88. The lowest BCUT2D eigenvalue weighted by molar-refractivity contribution is -0.112. The first-order valence-corrected chi connectivity index (χ1v) is 4.14. The monoisotopic (exact) mass is 195 g/mol. The molecule has 0 saturated carbocycles. The average molecular weight is 196 g/mol. The molecule has 0 fully saturated rings. The van der Waals surface area contributed by atoms with Gasteiger partial charge in [-0.25, -0.2) is 0 Å². The molecule has 3 nitrogen and oxygen atoms in total. The highest BCUT2D eigenvalue weighted by Gasteiger charge is 2.30. The minimum Gasteiger partial charge on any atom is -0.318 e. The SMILES string of the molecule is Cc1c(Cl)ccc2c1C(=O)C(=O)N2. The molecule has 1 aliphatic heterocycles. The number of amides is 1. The van der Waals surface area contributed by atoms with E-state index in [0.29, 0.717) is 21.8 Å². The molecule has 0 bridgehead atoms. The Balaban J connectivity index is 2.73. The van der Waals surface area contributed by atoms with Crippen LogP contribution in [0.15, 0.2) is 12.1 Å². The lowest BCUT2D eigenvalue weighted by Crippen LogP contribution is -2.12.